The summed E-state index contributed by atoms with van der Waals surface area (Å²) < 4.78 is 0. The van der Waals surface area contributed by atoms with Crippen LogP contribution in [0.1, 0.15) is 16.7 Å². The van der Waals surface area contributed by atoms with Gasteiger partial charge in [-0.25, -0.2) is 0 Å². The summed E-state index contributed by atoms with van der Waals surface area (Å²) in [6.07, 6.45) is 7.16. The maximum absolute atomic E-state index is 12.1. The molecule has 3 rings (SSSR count). The van der Waals surface area contributed by atoms with Crippen molar-refractivity contribution < 1.29 is 4.79 Å². The summed E-state index contributed by atoms with van der Waals surface area (Å²) in [6.45, 7) is 0. The van der Waals surface area contributed by atoms with E-state index in [2.05, 4.69) is 5.32 Å². The number of para-hydroxylation sites is 2. The van der Waals surface area contributed by atoms with E-state index >= 15 is 0 Å². The Bertz CT molecular complexity index is 992. The molecule has 0 aliphatic carbocycles. The highest BCUT2D eigenvalue weighted by molar-refractivity contribution is 6.03. The first-order chi connectivity index (χ1) is 13.1. The van der Waals surface area contributed by atoms with Crippen molar-refractivity contribution in [3.63, 3.8) is 0 Å². The van der Waals surface area contributed by atoms with E-state index in [1.165, 1.54) is 6.08 Å². The summed E-state index contributed by atoms with van der Waals surface area (Å²) in [5.41, 5.74) is 16.5. The molecule has 0 heterocycles. The van der Waals surface area contributed by atoms with Crippen LogP contribution >= 0.6 is 0 Å². The molecule has 0 atom stereocenters. The third kappa shape index (κ3) is 5.09. The first kappa shape index (κ1) is 18.0. The molecular weight excluding hydrogens is 334 g/mol. The maximum atomic E-state index is 12.1. The number of anilines is 3. The minimum Gasteiger partial charge on any atom is -0.398 e. The van der Waals surface area contributed by atoms with Crippen LogP contribution < -0.4 is 16.8 Å². The van der Waals surface area contributed by atoms with Gasteiger partial charge in [-0.1, -0.05) is 66.7 Å². The molecule has 0 aliphatic rings. The van der Waals surface area contributed by atoms with Crippen LogP contribution in [0.25, 0.3) is 18.2 Å². The number of benzene rings is 3. The lowest BCUT2D eigenvalue weighted by molar-refractivity contribution is -0.111. The third-order valence-corrected chi connectivity index (χ3v) is 4.01. The molecule has 134 valence electrons. The molecule has 0 radical (unpaired) electrons. The fourth-order valence-corrected chi connectivity index (χ4v) is 2.56. The second-order valence-electron chi connectivity index (χ2n) is 6.04. The van der Waals surface area contributed by atoms with Gasteiger partial charge in [-0.05, 0) is 41.0 Å². The van der Waals surface area contributed by atoms with E-state index in [4.69, 9.17) is 11.5 Å². The van der Waals surface area contributed by atoms with Crippen molar-refractivity contribution in [1.29, 1.82) is 0 Å². The number of carbonyl (C=O) groups excluding carboxylic acids is 1. The van der Waals surface area contributed by atoms with Crippen LogP contribution in [-0.2, 0) is 4.79 Å². The lowest BCUT2D eigenvalue weighted by Gasteiger charge is -2.05. The highest BCUT2D eigenvalue weighted by Crippen LogP contribution is 2.19. The van der Waals surface area contributed by atoms with Gasteiger partial charge in [-0.3, -0.25) is 4.79 Å². The zero-order valence-corrected chi connectivity index (χ0v) is 14.8. The van der Waals surface area contributed by atoms with Crippen LogP contribution in [0.3, 0.4) is 0 Å². The Morgan fingerprint density at radius 3 is 2.19 bits per heavy atom. The van der Waals surface area contributed by atoms with E-state index in [0.717, 1.165) is 16.7 Å². The Kier molecular flexibility index (Phi) is 5.70. The van der Waals surface area contributed by atoms with Gasteiger partial charge < -0.3 is 16.8 Å². The molecule has 4 heteroatoms. The van der Waals surface area contributed by atoms with Gasteiger partial charge in [0.1, 0.15) is 0 Å². The van der Waals surface area contributed by atoms with Gasteiger partial charge in [0.2, 0.25) is 5.91 Å². The number of amides is 1. The van der Waals surface area contributed by atoms with Crippen LogP contribution in [0.5, 0.6) is 0 Å². The molecule has 3 aromatic rings. The van der Waals surface area contributed by atoms with Crippen molar-refractivity contribution in [2.75, 3.05) is 16.8 Å². The largest absolute Gasteiger partial charge is 0.398 e. The molecule has 0 bridgehead atoms. The van der Waals surface area contributed by atoms with Crippen molar-refractivity contribution in [2.24, 2.45) is 0 Å². The standard InChI is InChI=1S/C23H21N3O/c24-20-8-4-5-9-22(20)26-23(27)15-14-19-13-12-18(16-21(19)25)11-10-17-6-2-1-3-7-17/h1-16H,24-25H2,(H,26,27). The van der Waals surface area contributed by atoms with E-state index < -0.39 is 0 Å². The van der Waals surface area contributed by atoms with Crippen LogP contribution in [0.15, 0.2) is 78.9 Å². The molecule has 0 aromatic heterocycles. The van der Waals surface area contributed by atoms with Gasteiger partial charge >= 0.3 is 0 Å². The number of carbonyl (C=O) groups is 1. The molecule has 4 nitrogen and oxygen atoms in total. The van der Waals surface area contributed by atoms with Gasteiger partial charge in [0.15, 0.2) is 0 Å². The zero-order chi connectivity index (χ0) is 19.1. The van der Waals surface area contributed by atoms with E-state index in [9.17, 15) is 4.79 Å². The van der Waals surface area contributed by atoms with E-state index in [-0.39, 0.29) is 5.91 Å². The van der Waals surface area contributed by atoms with Crippen molar-refractivity contribution in [2.45, 2.75) is 0 Å². The smallest absolute Gasteiger partial charge is 0.248 e. The monoisotopic (exact) mass is 355 g/mol. The third-order valence-electron chi connectivity index (χ3n) is 4.01. The van der Waals surface area contributed by atoms with Gasteiger partial charge in [0, 0.05) is 11.8 Å². The molecule has 0 saturated heterocycles. The molecular formula is C23H21N3O. The Labute approximate surface area is 158 Å². The Morgan fingerprint density at radius 2 is 1.44 bits per heavy atom. The fourth-order valence-electron chi connectivity index (χ4n) is 2.56. The lowest BCUT2D eigenvalue weighted by Crippen LogP contribution is -2.09. The average Bonchev–Trinajstić information content (AvgIpc) is 2.68. The predicted octanol–water partition coefficient (Wildman–Crippen LogP) is 4.67. The zero-order valence-electron chi connectivity index (χ0n) is 14.8. The summed E-state index contributed by atoms with van der Waals surface area (Å²) >= 11 is 0. The fraction of sp³-hybridized carbons (Fsp3) is 0. The molecule has 0 unspecified atom stereocenters. The van der Waals surface area contributed by atoms with Crippen LogP contribution in [0.4, 0.5) is 17.1 Å². The molecule has 0 saturated carbocycles. The first-order valence-electron chi connectivity index (χ1n) is 8.58. The highest BCUT2D eigenvalue weighted by atomic mass is 16.1. The summed E-state index contributed by atoms with van der Waals surface area (Å²) in [6, 6.07) is 22.9. The SMILES string of the molecule is Nc1cc(C=Cc2ccccc2)ccc1C=CC(=O)Nc1ccccc1N. The molecule has 3 aromatic carbocycles. The number of nitrogen functional groups attached to an aromatic ring is 2. The van der Waals surface area contributed by atoms with E-state index in [1.807, 2.05) is 72.8 Å². The van der Waals surface area contributed by atoms with Crippen molar-refractivity contribution >= 4 is 41.2 Å². The number of hydrogen-bond acceptors (Lipinski definition) is 3. The Balaban J connectivity index is 1.67. The van der Waals surface area contributed by atoms with Crippen molar-refractivity contribution in [3.8, 4) is 0 Å². The van der Waals surface area contributed by atoms with Crippen LogP contribution in [-0.4, -0.2) is 5.91 Å². The van der Waals surface area contributed by atoms with Crippen molar-refractivity contribution in [1.82, 2.24) is 0 Å². The second-order valence-corrected chi connectivity index (χ2v) is 6.04. The summed E-state index contributed by atoms with van der Waals surface area (Å²) in [5.74, 6) is -0.264. The summed E-state index contributed by atoms with van der Waals surface area (Å²) in [5, 5.41) is 2.75. The molecule has 0 aliphatic heterocycles. The lowest BCUT2D eigenvalue weighted by atomic mass is 10.1. The van der Waals surface area contributed by atoms with Gasteiger partial charge in [0.05, 0.1) is 11.4 Å². The van der Waals surface area contributed by atoms with Crippen molar-refractivity contribution in [3.05, 3.63) is 95.6 Å². The summed E-state index contributed by atoms with van der Waals surface area (Å²) in [4.78, 5) is 12.1. The molecule has 1 amide bonds. The highest BCUT2D eigenvalue weighted by Gasteiger charge is 2.02. The minimum atomic E-state index is -0.264. The Hall–Kier alpha value is -3.79. The van der Waals surface area contributed by atoms with Gasteiger partial charge in [-0.15, -0.1) is 0 Å². The Morgan fingerprint density at radius 1 is 0.741 bits per heavy atom. The van der Waals surface area contributed by atoms with Gasteiger partial charge in [-0.2, -0.15) is 0 Å². The molecule has 0 spiro atoms. The minimum absolute atomic E-state index is 0.264. The maximum Gasteiger partial charge on any atom is 0.248 e. The number of nitrogens with two attached hydrogens (primary N) is 2. The molecule has 27 heavy (non-hydrogen) atoms. The molecule has 5 N–H and O–H groups in total. The molecule has 0 fully saturated rings. The van der Waals surface area contributed by atoms with E-state index in [0.29, 0.717) is 17.1 Å². The normalized spacial score (nSPS) is 11.1. The van der Waals surface area contributed by atoms with Crippen LogP contribution in [0, 0.1) is 0 Å². The summed E-state index contributed by atoms with van der Waals surface area (Å²) in [7, 11) is 0. The quantitative estimate of drug-likeness (QED) is 0.353. The van der Waals surface area contributed by atoms with Crippen LogP contribution in [0.2, 0.25) is 0 Å². The number of nitrogens with one attached hydrogen (secondary N) is 1. The average molecular weight is 355 g/mol. The van der Waals surface area contributed by atoms with Gasteiger partial charge in [0.25, 0.3) is 0 Å². The topological polar surface area (TPSA) is 81.1 Å². The first-order valence-corrected chi connectivity index (χ1v) is 8.58. The predicted molar refractivity (Wildman–Crippen MR) is 115 cm³/mol. The van der Waals surface area contributed by atoms with E-state index in [1.54, 1.807) is 18.2 Å². The second kappa shape index (κ2) is 8.54. The number of hydrogen-bond donors (Lipinski definition) is 3. The number of rotatable bonds is 5.